The third-order valence-electron chi connectivity index (χ3n) is 3.66. The van der Waals surface area contributed by atoms with E-state index < -0.39 is 0 Å². The Hall–Kier alpha value is -2.35. The predicted molar refractivity (Wildman–Crippen MR) is 89.1 cm³/mol. The smallest absolute Gasteiger partial charge is 0.0997 e. The Morgan fingerprint density at radius 1 is 1.10 bits per heavy atom. The van der Waals surface area contributed by atoms with Crippen molar-refractivity contribution < 1.29 is 0 Å². The highest BCUT2D eigenvalue weighted by Crippen LogP contribution is 2.27. The number of benzene rings is 1. The van der Waals surface area contributed by atoms with Crippen LogP contribution in [0.5, 0.6) is 0 Å². The molecule has 0 bridgehead atoms. The van der Waals surface area contributed by atoms with Crippen LogP contribution in [0.2, 0.25) is 0 Å². The molecule has 3 aromatic rings. The zero-order valence-corrected chi connectivity index (χ0v) is 12.7. The van der Waals surface area contributed by atoms with Crippen LogP contribution < -0.4 is 0 Å². The Morgan fingerprint density at radius 3 is 2.57 bits per heavy atom. The molecule has 0 saturated carbocycles. The van der Waals surface area contributed by atoms with Gasteiger partial charge in [-0.05, 0) is 30.0 Å². The van der Waals surface area contributed by atoms with Gasteiger partial charge in [0.25, 0.3) is 0 Å². The van der Waals surface area contributed by atoms with Gasteiger partial charge in [-0.2, -0.15) is 0 Å². The van der Waals surface area contributed by atoms with Crippen molar-refractivity contribution >= 4 is 11.1 Å². The summed E-state index contributed by atoms with van der Waals surface area (Å²) in [6.45, 7) is 6.58. The fraction of sp³-hybridized carbons (Fsp3) is 0.211. The van der Waals surface area contributed by atoms with Crippen LogP contribution in [-0.4, -0.2) is 9.38 Å². The first-order chi connectivity index (χ1) is 10.2. The lowest BCUT2D eigenvalue weighted by molar-refractivity contribution is 0.833. The van der Waals surface area contributed by atoms with Crippen molar-refractivity contribution in [2.75, 3.05) is 0 Å². The van der Waals surface area contributed by atoms with Crippen LogP contribution in [0.1, 0.15) is 26.3 Å². The van der Waals surface area contributed by atoms with Gasteiger partial charge in [-0.1, -0.05) is 56.3 Å². The largest absolute Gasteiger partial charge is 0.298 e. The molecule has 0 atom stereocenters. The lowest BCUT2D eigenvalue weighted by Crippen LogP contribution is -1.94. The molecule has 3 rings (SSSR count). The van der Waals surface area contributed by atoms with Crippen molar-refractivity contribution in [3.63, 3.8) is 0 Å². The summed E-state index contributed by atoms with van der Waals surface area (Å²) in [5.41, 5.74) is 6.09. The molecule has 106 valence electrons. The lowest BCUT2D eigenvalue weighted by atomic mass is 10.0. The Labute approximate surface area is 125 Å². The molecule has 2 aromatic heterocycles. The number of imidazole rings is 1. The molecular formula is C19H20N2. The van der Waals surface area contributed by atoms with Gasteiger partial charge in [0.05, 0.1) is 23.7 Å². The Morgan fingerprint density at radius 2 is 1.86 bits per heavy atom. The van der Waals surface area contributed by atoms with Gasteiger partial charge in [-0.3, -0.25) is 4.40 Å². The minimum Gasteiger partial charge on any atom is -0.298 e. The van der Waals surface area contributed by atoms with E-state index in [1.54, 1.807) is 0 Å². The summed E-state index contributed by atoms with van der Waals surface area (Å²) in [5, 5.41) is 0. The molecule has 2 nitrogen and oxygen atoms in total. The normalized spacial score (nSPS) is 12.3. The lowest BCUT2D eigenvalue weighted by Gasteiger charge is -2.11. The van der Waals surface area contributed by atoms with Crippen molar-refractivity contribution in [3.8, 4) is 11.3 Å². The second kappa shape index (κ2) is 5.57. The maximum Gasteiger partial charge on any atom is 0.0997 e. The van der Waals surface area contributed by atoms with E-state index in [0.717, 1.165) is 5.52 Å². The molecule has 0 aliphatic heterocycles. The molecule has 1 aromatic carbocycles. The Kier molecular flexibility index (Phi) is 3.61. The maximum absolute atomic E-state index is 4.35. The van der Waals surface area contributed by atoms with Gasteiger partial charge in [0.15, 0.2) is 0 Å². The number of hydrogen-bond acceptors (Lipinski definition) is 1. The zero-order valence-electron chi connectivity index (χ0n) is 12.7. The van der Waals surface area contributed by atoms with Gasteiger partial charge in [0.1, 0.15) is 0 Å². The number of allylic oxidation sites excluding steroid dienone is 2. The predicted octanol–water partition coefficient (Wildman–Crippen LogP) is 5.06. The molecule has 0 fully saturated rings. The number of pyridine rings is 1. The summed E-state index contributed by atoms with van der Waals surface area (Å²) in [6, 6.07) is 14.8. The summed E-state index contributed by atoms with van der Waals surface area (Å²) in [5.74, 6) is 0.543. The Bertz CT molecular complexity index is 780. The van der Waals surface area contributed by atoms with Gasteiger partial charge in [-0.15, -0.1) is 0 Å². The van der Waals surface area contributed by atoms with Gasteiger partial charge < -0.3 is 0 Å². The molecule has 2 heteroatoms. The van der Waals surface area contributed by atoms with Gasteiger partial charge >= 0.3 is 0 Å². The second-order valence-electron chi connectivity index (χ2n) is 5.74. The fourth-order valence-electron chi connectivity index (χ4n) is 2.78. The quantitative estimate of drug-likeness (QED) is 0.653. The third-order valence-corrected chi connectivity index (χ3v) is 3.66. The molecule has 0 spiro atoms. The van der Waals surface area contributed by atoms with Crippen LogP contribution in [-0.2, 0) is 0 Å². The number of aromatic nitrogens is 2. The molecule has 0 amide bonds. The summed E-state index contributed by atoms with van der Waals surface area (Å²) in [4.78, 5) is 4.35. The van der Waals surface area contributed by atoms with Crippen LogP contribution >= 0.6 is 0 Å². The molecule has 0 radical (unpaired) electrons. The summed E-state index contributed by atoms with van der Waals surface area (Å²) in [6.07, 6.45) is 6.13. The number of fused-ring (bicyclic) bond motifs is 1. The molecule has 0 aliphatic carbocycles. The first kappa shape index (κ1) is 13.6. The molecule has 0 aliphatic rings. The highest BCUT2D eigenvalue weighted by molar-refractivity contribution is 5.80. The average Bonchev–Trinajstić information content (AvgIpc) is 2.95. The van der Waals surface area contributed by atoms with E-state index in [4.69, 9.17) is 0 Å². The first-order valence-electron chi connectivity index (χ1n) is 7.36. The minimum absolute atomic E-state index is 0.543. The van der Waals surface area contributed by atoms with E-state index >= 15 is 0 Å². The molecule has 21 heavy (non-hydrogen) atoms. The first-order valence-corrected chi connectivity index (χ1v) is 7.36. The molecule has 0 saturated heterocycles. The minimum atomic E-state index is 0.543. The van der Waals surface area contributed by atoms with Gasteiger partial charge in [0.2, 0.25) is 0 Å². The highest BCUT2D eigenvalue weighted by Gasteiger charge is 2.09. The summed E-state index contributed by atoms with van der Waals surface area (Å²) < 4.78 is 2.17. The monoisotopic (exact) mass is 276 g/mol. The maximum atomic E-state index is 4.35. The number of rotatable bonds is 3. The van der Waals surface area contributed by atoms with E-state index in [9.17, 15) is 0 Å². The SMILES string of the molecule is C/C(=C\C(C)C)c1ccc(-c2ccccc2)n2cncc12. The van der Waals surface area contributed by atoms with E-state index in [-0.39, 0.29) is 0 Å². The summed E-state index contributed by atoms with van der Waals surface area (Å²) in [7, 11) is 0. The zero-order chi connectivity index (χ0) is 14.8. The molecule has 0 unspecified atom stereocenters. The van der Waals surface area contributed by atoms with E-state index in [2.05, 4.69) is 72.6 Å². The second-order valence-corrected chi connectivity index (χ2v) is 5.74. The van der Waals surface area contributed by atoms with E-state index in [0.29, 0.717) is 5.92 Å². The summed E-state index contributed by atoms with van der Waals surface area (Å²) >= 11 is 0. The fourth-order valence-corrected chi connectivity index (χ4v) is 2.78. The van der Waals surface area contributed by atoms with Gasteiger partial charge in [0, 0.05) is 5.56 Å². The topological polar surface area (TPSA) is 17.3 Å². The number of nitrogens with zero attached hydrogens (tertiary/aromatic N) is 2. The van der Waals surface area contributed by atoms with Crippen LogP contribution in [0.15, 0.2) is 61.1 Å². The van der Waals surface area contributed by atoms with Crippen molar-refractivity contribution in [3.05, 3.63) is 66.6 Å². The third kappa shape index (κ3) is 2.62. The standard InChI is InChI=1S/C19H20N2/c1-14(2)11-15(3)17-9-10-18(16-7-5-4-6-8-16)21-13-20-12-19(17)21/h4-14H,1-3H3/b15-11+. The average molecular weight is 276 g/mol. The molecule has 2 heterocycles. The van der Waals surface area contributed by atoms with E-state index in [1.165, 1.54) is 22.4 Å². The van der Waals surface area contributed by atoms with Crippen LogP contribution in [0, 0.1) is 5.92 Å². The van der Waals surface area contributed by atoms with Crippen LogP contribution in [0.3, 0.4) is 0 Å². The van der Waals surface area contributed by atoms with E-state index in [1.807, 2.05) is 18.6 Å². The van der Waals surface area contributed by atoms with Crippen LogP contribution in [0.4, 0.5) is 0 Å². The van der Waals surface area contributed by atoms with Crippen molar-refractivity contribution in [1.82, 2.24) is 9.38 Å². The van der Waals surface area contributed by atoms with Crippen molar-refractivity contribution in [2.24, 2.45) is 5.92 Å². The Balaban J connectivity index is 2.19. The molecule has 0 N–H and O–H groups in total. The molecular weight excluding hydrogens is 256 g/mol. The van der Waals surface area contributed by atoms with Crippen molar-refractivity contribution in [1.29, 1.82) is 0 Å². The van der Waals surface area contributed by atoms with Crippen LogP contribution in [0.25, 0.3) is 22.3 Å². The number of hydrogen-bond donors (Lipinski definition) is 0. The van der Waals surface area contributed by atoms with Gasteiger partial charge in [-0.25, -0.2) is 4.98 Å². The highest BCUT2D eigenvalue weighted by atomic mass is 15.0. The van der Waals surface area contributed by atoms with Crippen molar-refractivity contribution in [2.45, 2.75) is 20.8 Å².